The highest BCUT2D eigenvalue weighted by molar-refractivity contribution is 5.66. The summed E-state index contributed by atoms with van der Waals surface area (Å²) in [4.78, 5) is 10.4. The lowest BCUT2D eigenvalue weighted by Gasteiger charge is -2.14. The summed E-state index contributed by atoms with van der Waals surface area (Å²) in [6.07, 6.45) is -3.26. The molecule has 0 radical (unpaired) electrons. The molecule has 1 unspecified atom stereocenters. The Morgan fingerprint density at radius 2 is 2.06 bits per heavy atom. The maximum atomic E-state index is 12.5. The Balaban J connectivity index is 2.68. The summed E-state index contributed by atoms with van der Waals surface area (Å²) in [6, 6.07) is 5.19. The van der Waals surface area contributed by atoms with E-state index in [0.29, 0.717) is 18.4 Å². The Bertz CT molecular complexity index is 413. The van der Waals surface area contributed by atoms with Crippen molar-refractivity contribution in [3.05, 3.63) is 35.4 Å². The van der Waals surface area contributed by atoms with E-state index in [1.54, 1.807) is 13.0 Å². The van der Waals surface area contributed by atoms with Gasteiger partial charge in [0.15, 0.2) is 0 Å². The van der Waals surface area contributed by atoms with Gasteiger partial charge in [0.25, 0.3) is 0 Å². The fourth-order valence-corrected chi connectivity index (χ4v) is 1.75. The highest BCUT2D eigenvalue weighted by Gasteiger charge is 2.30. The third-order valence-corrected chi connectivity index (χ3v) is 2.81. The first-order chi connectivity index (χ1) is 8.30. The maximum absolute atomic E-state index is 12.5. The average Bonchev–Trinajstić information content (AvgIpc) is 2.27. The lowest BCUT2D eigenvalue weighted by molar-refractivity contribution is -0.138. The topological polar surface area (TPSA) is 37.3 Å². The monoisotopic (exact) mass is 260 g/mol. The van der Waals surface area contributed by atoms with E-state index in [1.165, 1.54) is 6.07 Å². The molecule has 1 atom stereocenters. The van der Waals surface area contributed by atoms with Crippen molar-refractivity contribution < 1.29 is 23.1 Å². The van der Waals surface area contributed by atoms with E-state index in [1.807, 2.05) is 0 Å². The van der Waals surface area contributed by atoms with Crippen LogP contribution in [0.15, 0.2) is 24.3 Å². The van der Waals surface area contributed by atoms with Gasteiger partial charge in [-0.05, 0) is 30.4 Å². The van der Waals surface area contributed by atoms with Gasteiger partial charge in [0.05, 0.1) is 5.56 Å². The van der Waals surface area contributed by atoms with E-state index in [4.69, 9.17) is 5.11 Å². The third-order valence-electron chi connectivity index (χ3n) is 2.81. The van der Waals surface area contributed by atoms with E-state index >= 15 is 0 Å². The smallest absolute Gasteiger partial charge is 0.416 e. The molecule has 2 nitrogen and oxygen atoms in total. The van der Waals surface area contributed by atoms with Crippen LogP contribution in [0.5, 0.6) is 0 Å². The molecule has 0 spiro atoms. The lowest BCUT2D eigenvalue weighted by atomic mass is 9.94. The van der Waals surface area contributed by atoms with Gasteiger partial charge >= 0.3 is 12.1 Å². The van der Waals surface area contributed by atoms with Gasteiger partial charge in [0.1, 0.15) is 0 Å². The van der Waals surface area contributed by atoms with Crippen molar-refractivity contribution in [3.63, 3.8) is 0 Å². The number of carbonyl (C=O) groups is 1. The van der Waals surface area contributed by atoms with Crippen molar-refractivity contribution in [2.45, 2.75) is 38.3 Å². The number of carboxylic acid groups (broad SMARTS) is 1. The molecule has 0 aromatic heterocycles. The molecule has 1 aromatic rings. The normalized spacial score (nSPS) is 13.3. The summed E-state index contributed by atoms with van der Waals surface area (Å²) < 4.78 is 37.5. The standard InChI is InChI=1S/C13H15F3O2/c1-9(4-2-7-12(17)18)10-5-3-6-11(8-10)13(14,15)16/h3,5-6,8-9H,2,4,7H2,1H3,(H,17,18). The summed E-state index contributed by atoms with van der Waals surface area (Å²) in [7, 11) is 0. The molecule has 0 heterocycles. The predicted molar refractivity (Wildman–Crippen MR) is 61.3 cm³/mol. The van der Waals surface area contributed by atoms with Crippen LogP contribution in [0.1, 0.15) is 43.2 Å². The molecule has 0 saturated carbocycles. The van der Waals surface area contributed by atoms with Gasteiger partial charge in [-0.25, -0.2) is 0 Å². The molecular formula is C13H15F3O2. The highest BCUT2D eigenvalue weighted by atomic mass is 19.4. The van der Waals surface area contributed by atoms with Crippen LogP contribution in [-0.4, -0.2) is 11.1 Å². The molecule has 0 bridgehead atoms. The Kier molecular flexibility index (Phi) is 4.76. The molecule has 0 aliphatic carbocycles. The third kappa shape index (κ3) is 4.39. The molecule has 100 valence electrons. The fourth-order valence-electron chi connectivity index (χ4n) is 1.75. The first-order valence-electron chi connectivity index (χ1n) is 5.69. The van der Waals surface area contributed by atoms with Gasteiger partial charge in [0.2, 0.25) is 0 Å². The molecule has 0 aliphatic rings. The quantitative estimate of drug-likeness (QED) is 0.866. The number of hydrogen-bond donors (Lipinski definition) is 1. The summed E-state index contributed by atoms with van der Waals surface area (Å²) in [5, 5.41) is 8.50. The molecule has 1 aromatic carbocycles. The zero-order valence-electron chi connectivity index (χ0n) is 10.00. The number of halogens is 3. The summed E-state index contributed by atoms with van der Waals surface area (Å²) in [6.45, 7) is 1.80. The predicted octanol–water partition coefficient (Wildman–Crippen LogP) is 4.06. The number of hydrogen-bond acceptors (Lipinski definition) is 1. The Hall–Kier alpha value is -1.52. The van der Waals surface area contributed by atoms with Crippen LogP contribution in [0.4, 0.5) is 13.2 Å². The minimum atomic E-state index is -4.34. The highest BCUT2D eigenvalue weighted by Crippen LogP contribution is 2.32. The van der Waals surface area contributed by atoms with Crippen molar-refractivity contribution in [3.8, 4) is 0 Å². The van der Waals surface area contributed by atoms with E-state index in [9.17, 15) is 18.0 Å². The molecule has 0 amide bonds. The number of alkyl halides is 3. The Morgan fingerprint density at radius 3 is 2.61 bits per heavy atom. The SMILES string of the molecule is CC(CCCC(=O)O)c1cccc(C(F)(F)F)c1. The van der Waals surface area contributed by atoms with E-state index < -0.39 is 17.7 Å². The molecule has 5 heteroatoms. The van der Waals surface area contributed by atoms with Crippen LogP contribution in [0.3, 0.4) is 0 Å². The van der Waals surface area contributed by atoms with Gasteiger partial charge < -0.3 is 5.11 Å². The minimum absolute atomic E-state index is 0.0449. The van der Waals surface area contributed by atoms with Gasteiger partial charge in [-0.3, -0.25) is 4.79 Å². The van der Waals surface area contributed by atoms with Crippen LogP contribution < -0.4 is 0 Å². The second-order valence-corrected chi connectivity index (χ2v) is 4.31. The fraction of sp³-hybridized carbons (Fsp3) is 0.462. The number of benzene rings is 1. The van der Waals surface area contributed by atoms with E-state index in [0.717, 1.165) is 12.1 Å². The second-order valence-electron chi connectivity index (χ2n) is 4.31. The molecule has 1 N–H and O–H groups in total. The van der Waals surface area contributed by atoms with Crippen LogP contribution >= 0.6 is 0 Å². The molecular weight excluding hydrogens is 245 g/mol. The van der Waals surface area contributed by atoms with Crippen molar-refractivity contribution in [1.29, 1.82) is 0 Å². The second kappa shape index (κ2) is 5.89. The maximum Gasteiger partial charge on any atom is 0.416 e. The zero-order valence-corrected chi connectivity index (χ0v) is 10.00. The van der Waals surface area contributed by atoms with Crippen molar-refractivity contribution in [2.75, 3.05) is 0 Å². The summed E-state index contributed by atoms with van der Waals surface area (Å²) >= 11 is 0. The Labute approximate surface area is 103 Å². The number of carboxylic acids is 1. The summed E-state index contributed by atoms with van der Waals surface area (Å²) in [5.41, 5.74) is -0.0692. The first kappa shape index (κ1) is 14.5. The van der Waals surface area contributed by atoms with Gasteiger partial charge in [-0.1, -0.05) is 25.1 Å². The van der Waals surface area contributed by atoms with Crippen molar-refractivity contribution in [1.82, 2.24) is 0 Å². The largest absolute Gasteiger partial charge is 0.481 e. The molecule has 0 fully saturated rings. The van der Waals surface area contributed by atoms with Crippen LogP contribution in [-0.2, 0) is 11.0 Å². The van der Waals surface area contributed by atoms with E-state index in [2.05, 4.69) is 0 Å². The summed E-state index contributed by atoms with van der Waals surface area (Å²) in [5.74, 6) is -0.960. The molecule has 1 rings (SSSR count). The number of rotatable bonds is 5. The first-order valence-corrected chi connectivity index (χ1v) is 5.69. The molecule has 0 saturated heterocycles. The minimum Gasteiger partial charge on any atom is -0.481 e. The van der Waals surface area contributed by atoms with Crippen LogP contribution in [0.25, 0.3) is 0 Å². The molecule has 18 heavy (non-hydrogen) atoms. The molecule has 0 aliphatic heterocycles. The van der Waals surface area contributed by atoms with Crippen molar-refractivity contribution in [2.24, 2.45) is 0 Å². The van der Waals surface area contributed by atoms with Gasteiger partial charge in [-0.15, -0.1) is 0 Å². The lowest BCUT2D eigenvalue weighted by Crippen LogP contribution is -2.06. The van der Waals surface area contributed by atoms with E-state index in [-0.39, 0.29) is 12.3 Å². The van der Waals surface area contributed by atoms with Gasteiger partial charge in [0, 0.05) is 6.42 Å². The van der Waals surface area contributed by atoms with Crippen LogP contribution in [0, 0.1) is 0 Å². The average molecular weight is 260 g/mol. The number of aliphatic carboxylic acids is 1. The zero-order chi connectivity index (χ0) is 13.8. The van der Waals surface area contributed by atoms with Gasteiger partial charge in [-0.2, -0.15) is 13.2 Å². The Morgan fingerprint density at radius 1 is 1.39 bits per heavy atom. The van der Waals surface area contributed by atoms with Crippen LogP contribution in [0.2, 0.25) is 0 Å². The van der Waals surface area contributed by atoms with Crippen molar-refractivity contribution >= 4 is 5.97 Å².